The predicted octanol–water partition coefficient (Wildman–Crippen LogP) is 1.63. The first-order valence-corrected chi connectivity index (χ1v) is 11.4. The van der Waals surface area contributed by atoms with E-state index in [0.717, 1.165) is 17.7 Å². The SMILES string of the molecule is CC/C(=N\OCCOc1cccc(CC(=O)[O-])c1)c1ccc(C2CCCCCC2)cc1.[Na+]. The zero-order valence-electron chi connectivity index (χ0n) is 19.3. The summed E-state index contributed by atoms with van der Waals surface area (Å²) >= 11 is 0. The molecule has 0 amide bonds. The molecule has 0 unspecified atom stereocenters. The number of oxime groups is 1. The van der Waals surface area contributed by atoms with E-state index in [1.807, 2.05) is 0 Å². The van der Waals surface area contributed by atoms with Gasteiger partial charge in [-0.25, -0.2) is 0 Å². The molecule has 0 bridgehead atoms. The van der Waals surface area contributed by atoms with E-state index in [1.54, 1.807) is 24.3 Å². The van der Waals surface area contributed by atoms with Crippen LogP contribution in [0.1, 0.15) is 74.5 Å². The zero-order chi connectivity index (χ0) is 21.9. The van der Waals surface area contributed by atoms with Crippen molar-refractivity contribution in [2.45, 2.75) is 64.2 Å². The molecular weight excluding hydrogens is 413 g/mol. The third-order valence-electron chi connectivity index (χ3n) is 5.77. The van der Waals surface area contributed by atoms with E-state index < -0.39 is 5.97 Å². The summed E-state index contributed by atoms with van der Waals surface area (Å²) in [6.45, 7) is 2.71. The van der Waals surface area contributed by atoms with E-state index in [9.17, 15) is 9.90 Å². The molecule has 0 N–H and O–H groups in total. The Kier molecular flexibility index (Phi) is 11.9. The monoisotopic (exact) mass is 445 g/mol. The van der Waals surface area contributed by atoms with Crippen LogP contribution >= 0.6 is 0 Å². The Labute approximate surface area is 213 Å². The maximum atomic E-state index is 10.7. The average Bonchev–Trinajstić information content (AvgIpc) is 3.06. The van der Waals surface area contributed by atoms with Crippen LogP contribution in [-0.2, 0) is 16.1 Å². The zero-order valence-corrected chi connectivity index (χ0v) is 21.3. The van der Waals surface area contributed by atoms with Crippen LogP contribution in [0.15, 0.2) is 53.7 Å². The van der Waals surface area contributed by atoms with E-state index in [1.165, 1.54) is 44.1 Å². The Morgan fingerprint density at radius 3 is 2.41 bits per heavy atom. The summed E-state index contributed by atoms with van der Waals surface area (Å²) in [5.74, 6) is 0.192. The molecule has 2 aromatic carbocycles. The van der Waals surface area contributed by atoms with Crippen molar-refractivity contribution in [2.24, 2.45) is 5.16 Å². The van der Waals surface area contributed by atoms with Gasteiger partial charge in [0.25, 0.3) is 0 Å². The molecule has 5 nitrogen and oxygen atoms in total. The van der Waals surface area contributed by atoms with Gasteiger partial charge in [0.05, 0.1) is 5.71 Å². The number of hydrogen-bond acceptors (Lipinski definition) is 5. The molecular formula is C26H32NNaO4. The number of hydrogen-bond donors (Lipinski definition) is 0. The van der Waals surface area contributed by atoms with Crippen LogP contribution in [0.2, 0.25) is 0 Å². The van der Waals surface area contributed by atoms with Gasteiger partial charge >= 0.3 is 29.6 Å². The molecule has 1 aliphatic carbocycles. The molecule has 166 valence electrons. The number of aliphatic carboxylic acids is 1. The van der Waals surface area contributed by atoms with Gasteiger partial charge in [0.1, 0.15) is 12.4 Å². The van der Waals surface area contributed by atoms with Gasteiger partial charge in [-0.3, -0.25) is 0 Å². The fourth-order valence-electron chi connectivity index (χ4n) is 4.11. The van der Waals surface area contributed by atoms with Crippen LogP contribution in [0.5, 0.6) is 5.75 Å². The van der Waals surface area contributed by atoms with E-state index in [2.05, 4.69) is 36.3 Å². The number of carbonyl (C=O) groups is 1. The molecule has 0 heterocycles. The van der Waals surface area contributed by atoms with E-state index in [0.29, 0.717) is 30.4 Å². The van der Waals surface area contributed by atoms with Crippen LogP contribution in [0.3, 0.4) is 0 Å². The van der Waals surface area contributed by atoms with Gasteiger partial charge in [0, 0.05) is 12.4 Å². The second kappa shape index (κ2) is 14.4. The number of carbonyl (C=O) groups excluding carboxylic acids is 1. The molecule has 6 heteroatoms. The van der Waals surface area contributed by atoms with Crippen molar-refractivity contribution in [3.05, 3.63) is 65.2 Å². The fraction of sp³-hybridized carbons (Fsp3) is 0.462. The largest absolute Gasteiger partial charge is 1.00 e. The third-order valence-corrected chi connectivity index (χ3v) is 5.77. The van der Waals surface area contributed by atoms with Gasteiger partial charge in [0.15, 0.2) is 6.61 Å². The fourth-order valence-corrected chi connectivity index (χ4v) is 4.11. The number of benzene rings is 2. The second-order valence-electron chi connectivity index (χ2n) is 8.08. The van der Waals surface area contributed by atoms with E-state index in [4.69, 9.17) is 9.57 Å². The summed E-state index contributed by atoms with van der Waals surface area (Å²) in [6, 6.07) is 15.8. The van der Waals surface area contributed by atoms with Crippen LogP contribution < -0.4 is 39.4 Å². The van der Waals surface area contributed by atoms with Crippen LogP contribution in [0.25, 0.3) is 0 Å². The Bertz CT molecular complexity index is 858. The second-order valence-corrected chi connectivity index (χ2v) is 8.08. The summed E-state index contributed by atoms with van der Waals surface area (Å²) < 4.78 is 5.63. The minimum Gasteiger partial charge on any atom is -0.550 e. The Morgan fingerprint density at radius 1 is 1.03 bits per heavy atom. The molecule has 0 saturated heterocycles. The number of carboxylic acid groups (broad SMARTS) is 1. The van der Waals surface area contributed by atoms with Gasteiger partial charge in [-0.2, -0.15) is 0 Å². The van der Waals surface area contributed by atoms with Gasteiger partial charge in [-0.05, 0) is 54.0 Å². The van der Waals surface area contributed by atoms with Crippen molar-refractivity contribution < 1.29 is 49.0 Å². The van der Waals surface area contributed by atoms with Gasteiger partial charge in [-0.15, -0.1) is 0 Å². The molecule has 2 aromatic rings. The van der Waals surface area contributed by atoms with Crippen LogP contribution in [-0.4, -0.2) is 24.9 Å². The quantitative estimate of drug-likeness (QED) is 0.183. The van der Waals surface area contributed by atoms with Crippen molar-refractivity contribution in [1.29, 1.82) is 0 Å². The number of ether oxygens (including phenoxy) is 1. The molecule has 0 aromatic heterocycles. The number of nitrogens with zero attached hydrogens (tertiary/aromatic N) is 1. The number of rotatable bonds is 10. The topological polar surface area (TPSA) is 71.0 Å². The van der Waals surface area contributed by atoms with Crippen LogP contribution in [0.4, 0.5) is 0 Å². The first kappa shape index (κ1) is 26.4. The minimum absolute atomic E-state index is 0. The number of carboxylic acids is 1. The Morgan fingerprint density at radius 2 is 1.75 bits per heavy atom. The molecule has 1 aliphatic rings. The normalized spacial score (nSPS) is 14.8. The maximum Gasteiger partial charge on any atom is 1.00 e. The van der Waals surface area contributed by atoms with Crippen molar-refractivity contribution in [3.8, 4) is 5.75 Å². The van der Waals surface area contributed by atoms with Crippen molar-refractivity contribution in [2.75, 3.05) is 13.2 Å². The molecule has 0 spiro atoms. The standard InChI is InChI=1S/C26H33NO4.Na/c1-2-25(23-14-12-22(13-15-23)21-9-5-3-4-6-10-21)27-31-17-16-30-24-11-7-8-20(18-24)19-26(28)29;/h7-8,11-15,18,21H,2-6,9-10,16-17,19H2,1H3,(H,28,29);/q;+1/p-1/b27-25+;. The van der Waals surface area contributed by atoms with E-state index in [-0.39, 0.29) is 36.0 Å². The Hall–Kier alpha value is -1.82. The van der Waals surface area contributed by atoms with Gasteiger partial charge < -0.3 is 19.5 Å². The molecule has 1 saturated carbocycles. The molecule has 32 heavy (non-hydrogen) atoms. The molecule has 0 aliphatic heterocycles. The van der Waals surface area contributed by atoms with Crippen molar-refractivity contribution in [3.63, 3.8) is 0 Å². The smallest absolute Gasteiger partial charge is 0.550 e. The van der Waals surface area contributed by atoms with Crippen molar-refractivity contribution in [1.82, 2.24) is 0 Å². The average molecular weight is 446 g/mol. The maximum absolute atomic E-state index is 10.7. The van der Waals surface area contributed by atoms with Crippen molar-refractivity contribution >= 4 is 11.7 Å². The summed E-state index contributed by atoms with van der Waals surface area (Å²) in [5, 5.41) is 15.0. The molecule has 3 rings (SSSR count). The summed E-state index contributed by atoms with van der Waals surface area (Å²) in [5.41, 5.74) is 4.10. The molecule has 0 radical (unpaired) electrons. The predicted molar refractivity (Wildman–Crippen MR) is 120 cm³/mol. The van der Waals surface area contributed by atoms with Gasteiger partial charge in [-0.1, -0.05) is 74.2 Å². The third kappa shape index (κ3) is 8.61. The molecule has 0 atom stereocenters. The van der Waals surface area contributed by atoms with E-state index >= 15 is 0 Å². The van der Waals surface area contributed by atoms with Gasteiger partial charge in [0.2, 0.25) is 0 Å². The van der Waals surface area contributed by atoms with Crippen LogP contribution in [0, 0.1) is 0 Å². The summed E-state index contributed by atoms with van der Waals surface area (Å²) in [7, 11) is 0. The molecule has 1 fully saturated rings. The summed E-state index contributed by atoms with van der Waals surface area (Å²) in [6.07, 6.45) is 8.67. The summed E-state index contributed by atoms with van der Waals surface area (Å²) in [4.78, 5) is 16.2. The first-order chi connectivity index (χ1) is 15.2. The minimum atomic E-state index is -1.11. The first-order valence-electron chi connectivity index (χ1n) is 11.4. The Balaban J connectivity index is 0.00000363.